The minimum atomic E-state index is -0.249. The first-order chi connectivity index (χ1) is 10.5. The Balaban J connectivity index is 1.54. The number of amides is 1. The van der Waals surface area contributed by atoms with Crippen LogP contribution < -0.4 is 5.32 Å². The van der Waals surface area contributed by atoms with E-state index in [0.717, 1.165) is 32.5 Å². The van der Waals surface area contributed by atoms with Gasteiger partial charge in [0.25, 0.3) is 0 Å². The van der Waals surface area contributed by atoms with Crippen LogP contribution in [0, 0.1) is 12.8 Å². The third kappa shape index (κ3) is 3.70. The number of carbonyl (C=O) groups is 1. The molecule has 1 aromatic rings. The Bertz CT molecular complexity index is 528. The Morgan fingerprint density at radius 1 is 1.50 bits per heavy atom. The fraction of sp³-hybridized carbons (Fsp3) is 0.706. The van der Waals surface area contributed by atoms with Crippen molar-refractivity contribution >= 4 is 17.2 Å². The van der Waals surface area contributed by atoms with Gasteiger partial charge in [-0.1, -0.05) is 0 Å². The van der Waals surface area contributed by atoms with Crippen molar-refractivity contribution in [1.29, 1.82) is 0 Å². The molecular formula is C17H26N2O2S. The van der Waals surface area contributed by atoms with E-state index in [1.807, 2.05) is 25.2 Å². The molecule has 1 amide bonds. The third-order valence-corrected chi connectivity index (χ3v) is 5.52. The molecule has 22 heavy (non-hydrogen) atoms. The molecule has 2 saturated heterocycles. The van der Waals surface area contributed by atoms with Crippen molar-refractivity contribution in [3.8, 4) is 0 Å². The molecule has 3 atom stereocenters. The van der Waals surface area contributed by atoms with Crippen LogP contribution in [-0.4, -0.2) is 42.1 Å². The summed E-state index contributed by atoms with van der Waals surface area (Å²) in [5.41, 5.74) is 0. The molecule has 2 aliphatic heterocycles. The number of hydrogen-bond acceptors (Lipinski definition) is 4. The van der Waals surface area contributed by atoms with Crippen LogP contribution in [0.25, 0.3) is 0 Å². The molecule has 0 spiro atoms. The summed E-state index contributed by atoms with van der Waals surface area (Å²) in [6.45, 7) is 9.20. The maximum atomic E-state index is 12.1. The van der Waals surface area contributed by atoms with Crippen LogP contribution in [0.4, 0.5) is 0 Å². The molecule has 1 N–H and O–H groups in total. The summed E-state index contributed by atoms with van der Waals surface area (Å²) in [4.78, 5) is 17.4. The van der Waals surface area contributed by atoms with E-state index >= 15 is 0 Å². The molecule has 0 radical (unpaired) electrons. The average molecular weight is 322 g/mol. The van der Waals surface area contributed by atoms with E-state index in [4.69, 9.17) is 4.74 Å². The van der Waals surface area contributed by atoms with Crippen LogP contribution >= 0.6 is 11.3 Å². The van der Waals surface area contributed by atoms with E-state index in [1.54, 1.807) is 0 Å². The number of nitrogens with zero attached hydrogens (tertiary/aromatic N) is 1. The number of fused-ring (bicyclic) bond motifs is 1. The number of aryl methyl sites for hydroxylation is 1. The first-order valence-electron chi connectivity index (χ1n) is 8.25. The fourth-order valence-electron chi connectivity index (χ4n) is 3.47. The molecule has 5 heteroatoms. The topological polar surface area (TPSA) is 41.6 Å². The van der Waals surface area contributed by atoms with Crippen molar-refractivity contribution in [1.82, 2.24) is 10.2 Å². The number of nitrogens with one attached hydrogen (secondary N) is 1. The van der Waals surface area contributed by atoms with Gasteiger partial charge in [-0.15, -0.1) is 11.3 Å². The Labute approximate surface area is 136 Å². The summed E-state index contributed by atoms with van der Waals surface area (Å²) < 4.78 is 6.05. The van der Waals surface area contributed by atoms with Gasteiger partial charge in [0.05, 0.1) is 6.10 Å². The van der Waals surface area contributed by atoms with Crippen LogP contribution in [0.3, 0.4) is 0 Å². The van der Waals surface area contributed by atoms with E-state index in [0.29, 0.717) is 5.92 Å². The third-order valence-electron chi connectivity index (χ3n) is 4.53. The van der Waals surface area contributed by atoms with Crippen molar-refractivity contribution in [2.45, 2.75) is 58.4 Å². The zero-order valence-electron chi connectivity index (χ0n) is 13.7. The number of ether oxygens (including phenoxy) is 1. The molecule has 1 aromatic heterocycles. The molecule has 4 nitrogen and oxygen atoms in total. The second-order valence-electron chi connectivity index (χ2n) is 6.86. The first-order valence-corrected chi connectivity index (χ1v) is 9.06. The van der Waals surface area contributed by atoms with Crippen LogP contribution in [-0.2, 0) is 16.1 Å². The molecule has 2 fully saturated rings. The average Bonchev–Trinajstić information content (AvgIpc) is 3.04. The summed E-state index contributed by atoms with van der Waals surface area (Å²) in [7, 11) is 0. The molecule has 0 aromatic carbocycles. The quantitative estimate of drug-likeness (QED) is 0.926. The van der Waals surface area contributed by atoms with Crippen LogP contribution in [0.15, 0.2) is 12.1 Å². The molecule has 122 valence electrons. The smallest absolute Gasteiger partial charge is 0.249 e. The lowest BCUT2D eigenvalue weighted by molar-refractivity contribution is -0.133. The number of hydrogen-bond donors (Lipinski definition) is 1. The molecular weight excluding hydrogens is 296 g/mol. The van der Waals surface area contributed by atoms with Gasteiger partial charge in [-0.2, -0.15) is 0 Å². The van der Waals surface area contributed by atoms with E-state index in [1.165, 1.54) is 9.75 Å². The van der Waals surface area contributed by atoms with Gasteiger partial charge in [-0.3, -0.25) is 9.69 Å². The number of carbonyl (C=O) groups excluding carboxylic acids is 1. The maximum absolute atomic E-state index is 12.1. The van der Waals surface area contributed by atoms with Gasteiger partial charge in [0.2, 0.25) is 5.91 Å². The Kier molecular flexibility index (Phi) is 4.85. The SMILES string of the molecule is Cc1ccc(CN2CC[C@H]3C[C@@H](C(=O)NC(C)C)O[C@@H]3C2)s1. The largest absolute Gasteiger partial charge is 0.364 e. The summed E-state index contributed by atoms with van der Waals surface area (Å²) >= 11 is 1.87. The summed E-state index contributed by atoms with van der Waals surface area (Å²) in [5, 5.41) is 2.97. The van der Waals surface area contributed by atoms with Crippen LogP contribution in [0.1, 0.15) is 36.4 Å². The van der Waals surface area contributed by atoms with Gasteiger partial charge in [0.1, 0.15) is 6.10 Å². The highest BCUT2D eigenvalue weighted by Crippen LogP contribution is 2.34. The highest BCUT2D eigenvalue weighted by molar-refractivity contribution is 7.11. The van der Waals surface area contributed by atoms with Gasteiger partial charge in [-0.25, -0.2) is 0 Å². The summed E-state index contributed by atoms with van der Waals surface area (Å²) in [6, 6.07) is 4.59. The van der Waals surface area contributed by atoms with Crippen molar-refractivity contribution in [2.24, 2.45) is 5.92 Å². The molecule has 2 aliphatic rings. The second kappa shape index (κ2) is 6.69. The first kappa shape index (κ1) is 16.0. The van der Waals surface area contributed by atoms with E-state index in [-0.39, 0.29) is 24.2 Å². The van der Waals surface area contributed by atoms with Gasteiger partial charge < -0.3 is 10.1 Å². The van der Waals surface area contributed by atoms with E-state index in [2.05, 4.69) is 29.3 Å². The lowest BCUT2D eigenvalue weighted by atomic mass is 9.91. The zero-order valence-corrected chi connectivity index (χ0v) is 14.5. The monoisotopic (exact) mass is 322 g/mol. The van der Waals surface area contributed by atoms with Crippen molar-refractivity contribution in [3.05, 3.63) is 21.9 Å². The molecule has 3 heterocycles. The Morgan fingerprint density at radius 3 is 3.00 bits per heavy atom. The van der Waals surface area contributed by atoms with Gasteiger partial charge >= 0.3 is 0 Å². The van der Waals surface area contributed by atoms with E-state index < -0.39 is 0 Å². The molecule has 0 unspecified atom stereocenters. The second-order valence-corrected chi connectivity index (χ2v) is 8.23. The zero-order chi connectivity index (χ0) is 15.7. The van der Waals surface area contributed by atoms with Crippen molar-refractivity contribution in [3.63, 3.8) is 0 Å². The van der Waals surface area contributed by atoms with Gasteiger partial charge in [0, 0.05) is 28.9 Å². The summed E-state index contributed by atoms with van der Waals surface area (Å²) in [6.07, 6.45) is 1.99. The molecule has 3 rings (SSSR count). The molecule has 0 bridgehead atoms. The Morgan fingerprint density at radius 2 is 2.32 bits per heavy atom. The standard InChI is InChI=1S/C17H26N2O2S/c1-11(2)18-17(20)15-8-13-6-7-19(10-16(13)21-15)9-14-5-4-12(3)22-14/h4-5,11,13,15-16H,6-10H2,1-3H3,(H,18,20)/t13-,15-,16+/m0/s1. The lowest BCUT2D eigenvalue weighted by Gasteiger charge is -2.33. The normalized spacial score (nSPS) is 28.8. The van der Waals surface area contributed by atoms with Crippen molar-refractivity contribution in [2.75, 3.05) is 13.1 Å². The summed E-state index contributed by atoms with van der Waals surface area (Å²) in [5.74, 6) is 0.606. The number of rotatable bonds is 4. The predicted octanol–water partition coefficient (Wildman–Crippen LogP) is 2.56. The van der Waals surface area contributed by atoms with E-state index in [9.17, 15) is 4.79 Å². The maximum Gasteiger partial charge on any atom is 0.249 e. The van der Waals surface area contributed by atoms with Crippen LogP contribution in [0.5, 0.6) is 0 Å². The highest BCUT2D eigenvalue weighted by Gasteiger charge is 2.41. The minimum Gasteiger partial charge on any atom is -0.364 e. The molecule has 0 aliphatic carbocycles. The van der Waals surface area contributed by atoms with Gasteiger partial charge in [0.15, 0.2) is 0 Å². The Hall–Kier alpha value is -0.910. The van der Waals surface area contributed by atoms with Crippen LogP contribution in [0.2, 0.25) is 0 Å². The predicted molar refractivity (Wildman–Crippen MR) is 89.0 cm³/mol. The van der Waals surface area contributed by atoms with Gasteiger partial charge in [-0.05, 0) is 58.2 Å². The molecule has 0 saturated carbocycles. The number of likely N-dealkylation sites (tertiary alicyclic amines) is 1. The fourth-order valence-corrected chi connectivity index (χ4v) is 4.41. The number of thiophene rings is 1. The lowest BCUT2D eigenvalue weighted by Crippen LogP contribution is -2.42. The minimum absolute atomic E-state index is 0.0600. The van der Waals surface area contributed by atoms with Crippen molar-refractivity contribution < 1.29 is 9.53 Å². The highest BCUT2D eigenvalue weighted by atomic mass is 32.1. The number of piperidine rings is 1.